The number of aromatic amines is 1. The summed E-state index contributed by atoms with van der Waals surface area (Å²) in [6.07, 6.45) is 2.44. The fraction of sp³-hybridized carbons (Fsp3) is 0.714. The molecule has 0 spiro atoms. The van der Waals surface area contributed by atoms with Gasteiger partial charge >= 0.3 is 6.09 Å². The summed E-state index contributed by atoms with van der Waals surface area (Å²) < 4.78 is 6.52. The Morgan fingerprint density at radius 2 is 2.15 bits per heavy atom. The summed E-state index contributed by atoms with van der Waals surface area (Å²) in [6.45, 7) is 9.90. The summed E-state index contributed by atoms with van der Waals surface area (Å²) in [6, 6.07) is 0.121. The van der Waals surface area contributed by atoms with Crippen molar-refractivity contribution in [1.82, 2.24) is 14.9 Å². The average molecular weight is 391 g/mol. The van der Waals surface area contributed by atoms with Crippen molar-refractivity contribution in [2.75, 3.05) is 0 Å². The number of H-pyrrole nitrogens is 1. The number of amides is 1. The first-order chi connectivity index (χ1) is 9.19. The van der Waals surface area contributed by atoms with E-state index in [0.717, 1.165) is 15.9 Å². The number of nitrogens with one attached hydrogen (secondary N) is 1. The number of carbonyl (C=O) groups excluding carboxylic acids is 1. The maximum atomic E-state index is 12.5. The van der Waals surface area contributed by atoms with Crippen LogP contribution in [0.2, 0.25) is 0 Å². The highest BCUT2D eigenvalue weighted by atomic mass is 127. The van der Waals surface area contributed by atoms with Crippen LogP contribution in [-0.4, -0.2) is 32.6 Å². The predicted octanol–water partition coefficient (Wildman–Crippen LogP) is 3.72. The van der Waals surface area contributed by atoms with Crippen LogP contribution in [0.15, 0.2) is 6.20 Å². The second-order valence-electron chi connectivity index (χ2n) is 6.47. The Morgan fingerprint density at radius 1 is 1.50 bits per heavy atom. The van der Waals surface area contributed by atoms with Gasteiger partial charge in [-0.1, -0.05) is 6.92 Å². The van der Waals surface area contributed by atoms with Gasteiger partial charge in [0, 0.05) is 6.04 Å². The zero-order valence-corrected chi connectivity index (χ0v) is 14.8. The van der Waals surface area contributed by atoms with Gasteiger partial charge in [-0.25, -0.2) is 9.78 Å². The Bertz CT molecular complexity index is 495. The van der Waals surface area contributed by atoms with Crippen LogP contribution in [0.1, 0.15) is 52.9 Å². The summed E-state index contributed by atoms with van der Waals surface area (Å²) in [7, 11) is 0. The zero-order valence-electron chi connectivity index (χ0n) is 12.6. The number of aromatic nitrogens is 2. The van der Waals surface area contributed by atoms with Crippen molar-refractivity contribution < 1.29 is 9.53 Å². The lowest BCUT2D eigenvalue weighted by molar-refractivity contribution is 0.0140. The number of nitrogens with zero attached hydrogens (tertiary/aromatic N) is 2. The summed E-state index contributed by atoms with van der Waals surface area (Å²) >= 11 is 2.19. The number of hydrogen-bond donors (Lipinski definition) is 1. The van der Waals surface area contributed by atoms with Gasteiger partial charge in [0.05, 0.1) is 15.9 Å². The van der Waals surface area contributed by atoms with E-state index in [-0.39, 0.29) is 18.2 Å². The molecular formula is C14H22IN3O2. The van der Waals surface area contributed by atoms with Crippen LogP contribution in [0.4, 0.5) is 4.79 Å². The van der Waals surface area contributed by atoms with Crippen LogP contribution >= 0.6 is 22.6 Å². The highest BCUT2D eigenvalue weighted by molar-refractivity contribution is 14.1. The number of rotatable bonds is 1. The summed E-state index contributed by atoms with van der Waals surface area (Å²) in [5.74, 6) is 1.27. The number of halogens is 1. The Labute approximate surface area is 133 Å². The molecule has 112 valence electrons. The minimum Gasteiger partial charge on any atom is -0.444 e. The standard InChI is InChI=1S/C14H22IN3O2/c1-8-6-10(12-16-7-11(15)17-12)18(9(8)2)13(19)20-14(3,4)5/h7-10H,6H2,1-5H3,(H,16,17)/t8-,9-,10+/m1/s1. The van der Waals surface area contributed by atoms with Gasteiger partial charge in [0.25, 0.3) is 0 Å². The maximum absolute atomic E-state index is 12.5. The summed E-state index contributed by atoms with van der Waals surface area (Å²) in [5.41, 5.74) is -0.481. The third-order valence-electron chi connectivity index (χ3n) is 3.68. The smallest absolute Gasteiger partial charge is 0.411 e. The number of imidazole rings is 1. The summed E-state index contributed by atoms with van der Waals surface area (Å²) in [5, 5.41) is 0. The zero-order chi connectivity index (χ0) is 15.1. The van der Waals surface area contributed by atoms with Crippen molar-refractivity contribution in [1.29, 1.82) is 0 Å². The van der Waals surface area contributed by atoms with Crippen molar-refractivity contribution in [2.45, 2.75) is 58.7 Å². The van der Waals surface area contributed by atoms with Crippen molar-refractivity contribution in [2.24, 2.45) is 5.92 Å². The molecule has 3 atom stereocenters. The van der Waals surface area contributed by atoms with Gasteiger partial charge in [0.15, 0.2) is 0 Å². The molecule has 6 heteroatoms. The van der Waals surface area contributed by atoms with E-state index in [1.807, 2.05) is 25.7 Å². The number of likely N-dealkylation sites (tertiary alicyclic amines) is 1. The average Bonchev–Trinajstić information content (AvgIpc) is 2.82. The number of hydrogen-bond acceptors (Lipinski definition) is 3. The molecule has 1 amide bonds. The highest BCUT2D eigenvalue weighted by Crippen LogP contribution is 2.39. The van der Waals surface area contributed by atoms with Crippen molar-refractivity contribution >= 4 is 28.7 Å². The monoisotopic (exact) mass is 391 g/mol. The lowest BCUT2D eigenvalue weighted by atomic mass is 10.0. The summed E-state index contributed by atoms with van der Waals surface area (Å²) in [4.78, 5) is 21.9. The van der Waals surface area contributed by atoms with Gasteiger partial charge in [0.1, 0.15) is 11.4 Å². The fourth-order valence-electron chi connectivity index (χ4n) is 2.55. The van der Waals surface area contributed by atoms with Crippen LogP contribution in [0, 0.1) is 9.62 Å². The van der Waals surface area contributed by atoms with E-state index >= 15 is 0 Å². The molecule has 2 heterocycles. The minimum absolute atomic E-state index is 0.0293. The molecule has 0 radical (unpaired) electrons. The van der Waals surface area contributed by atoms with E-state index in [4.69, 9.17) is 4.74 Å². The molecule has 2 rings (SSSR count). The van der Waals surface area contributed by atoms with Gasteiger partial charge < -0.3 is 9.72 Å². The van der Waals surface area contributed by atoms with Crippen LogP contribution in [0.3, 0.4) is 0 Å². The third kappa shape index (κ3) is 3.27. The van der Waals surface area contributed by atoms with E-state index in [1.54, 1.807) is 6.20 Å². The van der Waals surface area contributed by atoms with E-state index < -0.39 is 5.60 Å². The molecule has 1 aliphatic heterocycles. The van der Waals surface area contributed by atoms with Crippen molar-refractivity contribution in [3.05, 3.63) is 15.7 Å². The normalized spacial score (nSPS) is 26.9. The molecule has 1 aromatic heterocycles. The lowest BCUT2D eigenvalue weighted by Gasteiger charge is -2.31. The molecule has 0 saturated carbocycles. The molecule has 0 aliphatic carbocycles. The number of ether oxygens (including phenoxy) is 1. The second-order valence-corrected chi connectivity index (χ2v) is 7.64. The van der Waals surface area contributed by atoms with Crippen LogP contribution < -0.4 is 0 Å². The molecule has 0 aromatic carbocycles. The molecule has 0 bridgehead atoms. The van der Waals surface area contributed by atoms with Crippen LogP contribution in [0.25, 0.3) is 0 Å². The molecule has 5 nitrogen and oxygen atoms in total. The first kappa shape index (κ1) is 15.6. The second kappa shape index (κ2) is 5.54. The topological polar surface area (TPSA) is 58.2 Å². The van der Waals surface area contributed by atoms with Gasteiger partial charge in [-0.3, -0.25) is 4.90 Å². The molecular weight excluding hydrogens is 369 g/mol. The molecule has 1 saturated heterocycles. The molecule has 1 fully saturated rings. The Kier molecular flexibility index (Phi) is 4.32. The molecule has 20 heavy (non-hydrogen) atoms. The Morgan fingerprint density at radius 3 is 2.65 bits per heavy atom. The van der Waals surface area contributed by atoms with E-state index in [0.29, 0.717) is 5.92 Å². The predicted molar refractivity (Wildman–Crippen MR) is 85.4 cm³/mol. The SMILES string of the molecule is C[C@@H]1C[C@@H](c2ncc(I)[nH]2)N(C(=O)OC(C)(C)C)[C@@H]1C. The van der Waals surface area contributed by atoms with Crippen molar-refractivity contribution in [3.8, 4) is 0 Å². The Balaban J connectivity index is 2.24. The first-order valence-electron chi connectivity index (χ1n) is 6.91. The maximum Gasteiger partial charge on any atom is 0.411 e. The van der Waals surface area contributed by atoms with E-state index in [9.17, 15) is 4.79 Å². The van der Waals surface area contributed by atoms with Gasteiger partial charge in [0.2, 0.25) is 0 Å². The largest absolute Gasteiger partial charge is 0.444 e. The molecule has 1 aliphatic rings. The van der Waals surface area contributed by atoms with Crippen LogP contribution in [-0.2, 0) is 4.74 Å². The van der Waals surface area contributed by atoms with Crippen LogP contribution in [0.5, 0.6) is 0 Å². The highest BCUT2D eigenvalue weighted by Gasteiger charge is 2.43. The van der Waals surface area contributed by atoms with Gasteiger partial charge in [-0.2, -0.15) is 0 Å². The first-order valence-corrected chi connectivity index (χ1v) is 7.98. The van der Waals surface area contributed by atoms with E-state index in [1.165, 1.54) is 0 Å². The molecule has 1 aromatic rings. The minimum atomic E-state index is -0.481. The Hall–Kier alpha value is -0.790. The number of carbonyl (C=O) groups is 1. The van der Waals surface area contributed by atoms with Crippen molar-refractivity contribution in [3.63, 3.8) is 0 Å². The fourth-order valence-corrected chi connectivity index (χ4v) is 2.97. The quantitative estimate of drug-likeness (QED) is 0.743. The van der Waals surface area contributed by atoms with E-state index in [2.05, 4.69) is 46.4 Å². The lowest BCUT2D eigenvalue weighted by Crippen LogP contribution is -2.41. The molecule has 1 N–H and O–H groups in total. The molecule has 0 unspecified atom stereocenters. The third-order valence-corrected chi connectivity index (χ3v) is 4.23. The van der Waals surface area contributed by atoms with Gasteiger partial charge in [-0.15, -0.1) is 0 Å². The van der Waals surface area contributed by atoms with Gasteiger partial charge in [-0.05, 0) is 62.6 Å².